The average molecular weight is 347 g/mol. The van der Waals surface area contributed by atoms with Crippen molar-refractivity contribution in [3.8, 4) is 6.07 Å². The molecule has 128 valence electrons. The molecule has 0 spiro atoms. The van der Waals surface area contributed by atoms with Crippen LogP contribution in [0.1, 0.15) is 21.5 Å². The number of aromatic nitrogens is 1. The highest BCUT2D eigenvalue weighted by atomic mass is 19.1. The molecule has 3 aromatic rings. The summed E-state index contributed by atoms with van der Waals surface area (Å²) < 4.78 is 14.6. The maximum atomic E-state index is 13.3. The van der Waals surface area contributed by atoms with Crippen LogP contribution in [0.2, 0.25) is 0 Å². The van der Waals surface area contributed by atoms with Gasteiger partial charge in [0.15, 0.2) is 0 Å². The van der Waals surface area contributed by atoms with Gasteiger partial charge < -0.3 is 9.88 Å². The van der Waals surface area contributed by atoms with Crippen molar-refractivity contribution in [2.75, 3.05) is 5.32 Å². The van der Waals surface area contributed by atoms with Crippen LogP contribution in [0.4, 0.5) is 10.1 Å². The van der Waals surface area contributed by atoms with Crippen molar-refractivity contribution in [1.82, 2.24) is 4.57 Å². The van der Waals surface area contributed by atoms with Gasteiger partial charge in [0.25, 0.3) is 11.5 Å². The van der Waals surface area contributed by atoms with Crippen LogP contribution in [0.25, 0.3) is 0 Å². The molecule has 0 bridgehead atoms. The van der Waals surface area contributed by atoms with Gasteiger partial charge in [-0.1, -0.05) is 24.3 Å². The van der Waals surface area contributed by atoms with E-state index in [1.54, 1.807) is 36.4 Å². The number of pyridine rings is 1. The minimum absolute atomic E-state index is 0.145. The number of rotatable bonds is 4. The summed E-state index contributed by atoms with van der Waals surface area (Å²) in [5, 5.41) is 11.8. The summed E-state index contributed by atoms with van der Waals surface area (Å²) in [6.07, 6.45) is 1.41. The standard InChI is InChI=1S/C20H14FN3O2/c21-17-6-3-4-14(10-17)12-24-13-16(8-9-19(24)25)20(26)23-18-7-2-1-5-15(18)11-22/h1-10,13H,12H2,(H,23,26). The first-order valence-electron chi connectivity index (χ1n) is 7.82. The fourth-order valence-corrected chi connectivity index (χ4v) is 2.51. The first kappa shape index (κ1) is 17.1. The summed E-state index contributed by atoms with van der Waals surface area (Å²) in [7, 11) is 0. The van der Waals surface area contributed by atoms with E-state index in [0.717, 1.165) is 0 Å². The summed E-state index contributed by atoms with van der Waals surface area (Å²) in [5.41, 5.74) is 1.30. The molecule has 0 radical (unpaired) electrons. The Balaban J connectivity index is 1.86. The molecule has 3 rings (SSSR count). The lowest BCUT2D eigenvalue weighted by Crippen LogP contribution is -2.22. The largest absolute Gasteiger partial charge is 0.321 e. The molecular formula is C20H14FN3O2. The van der Waals surface area contributed by atoms with Crippen LogP contribution >= 0.6 is 0 Å². The van der Waals surface area contributed by atoms with Gasteiger partial charge in [-0.3, -0.25) is 9.59 Å². The zero-order chi connectivity index (χ0) is 18.5. The minimum atomic E-state index is -0.444. The number of nitrogens with one attached hydrogen (secondary N) is 1. The molecule has 0 unspecified atom stereocenters. The summed E-state index contributed by atoms with van der Waals surface area (Å²) in [4.78, 5) is 24.5. The Kier molecular flexibility index (Phi) is 4.90. The van der Waals surface area contributed by atoms with E-state index >= 15 is 0 Å². The van der Waals surface area contributed by atoms with Crippen LogP contribution in [0.3, 0.4) is 0 Å². The maximum absolute atomic E-state index is 13.3. The Morgan fingerprint density at radius 1 is 1.12 bits per heavy atom. The number of para-hydroxylation sites is 1. The lowest BCUT2D eigenvalue weighted by molar-refractivity contribution is 0.102. The highest BCUT2D eigenvalue weighted by Crippen LogP contribution is 2.15. The van der Waals surface area contributed by atoms with Crippen LogP contribution in [-0.4, -0.2) is 10.5 Å². The molecule has 26 heavy (non-hydrogen) atoms. The number of benzene rings is 2. The summed E-state index contributed by atoms with van der Waals surface area (Å²) >= 11 is 0. The van der Waals surface area contributed by atoms with Gasteiger partial charge in [0.2, 0.25) is 0 Å². The van der Waals surface area contributed by atoms with E-state index in [2.05, 4.69) is 5.32 Å². The SMILES string of the molecule is N#Cc1ccccc1NC(=O)c1ccc(=O)n(Cc2cccc(F)c2)c1. The number of nitriles is 1. The first-order chi connectivity index (χ1) is 12.6. The molecule has 0 aliphatic heterocycles. The number of carbonyl (C=O) groups is 1. The first-order valence-corrected chi connectivity index (χ1v) is 7.82. The smallest absolute Gasteiger partial charge is 0.257 e. The van der Waals surface area contributed by atoms with E-state index in [4.69, 9.17) is 5.26 Å². The van der Waals surface area contributed by atoms with Gasteiger partial charge in [-0.2, -0.15) is 5.26 Å². The van der Waals surface area contributed by atoms with Crippen molar-refractivity contribution in [1.29, 1.82) is 5.26 Å². The van der Waals surface area contributed by atoms with E-state index in [-0.39, 0.29) is 17.7 Å². The summed E-state index contributed by atoms with van der Waals surface area (Å²) in [6, 6.07) is 17.3. The highest BCUT2D eigenvalue weighted by molar-refractivity contribution is 6.04. The number of carbonyl (C=O) groups excluding carboxylic acids is 1. The molecule has 1 amide bonds. The minimum Gasteiger partial charge on any atom is -0.321 e. The van der Waals surface area contributed by atoms with Crippen LogP contribution < -0.4 is 10.9 Å². The molecule has 0 fully saturated rings. The predicted octanol–water partition coefficient (Wildman–Crippen LogP) is 3.16. The molecule has 1 N–H and O–H groups in total. The third-order valence-electron chi connectivity index (χ3n) is 3.78. The Bertz CT molecular complexity index is 1070. The number of hydrogen-bond donors (Lipinski definition) is 1. The maximum Gasteiger partial charge on any atom is 0.257 e. The zero-order valence-electron chi connectivity index (χ0n) is 13.6. The molecule has 6 heteroatoms. The number of nitrogens with zero attached hydrogens (tertiary/aromatic N) is 2. The van der Waals surface area contributed by atoms with E-state index < -0.39 is 11.7 Å². The number of halogens is 1. The molecule has 0 saturated heterocycles. The number of hydrogen-bond acceptors (Lipinski definition) is 3. The quantitative estimate of drug-likeness (QED) is 0.788. The van der Waals surface area contributed by atoms with Crippen LogP contribution in [-0.2, 0) is 6.54 Å². The van der Waals surface area contributed by atoms with E-state index in [0.29, 0.717) is 16.8 Å². The van der Waals surface area contributed by atoms with E-state index in [9.17, 15) is 14.0 Å². The zero-order valence-corrected chi connectivity index (χ0v) is 13.6. The highest BCUT2D eigenvalue weighted by Gasteiger charge is 2.11. The van der Waals surface area contributed by atoms with Crippen LogP contribution in [0.5, 0.6) is 0 Å². The lowest BCUT2D eigenvalue weighted by atomic mass is 10.1. The molecule has 0 aliphatic carbocycles. The predicted molar refractivity (Wildman–Crippen MR) is 95.3 cm³/mol. The van der Waals surface area contributed by atoms with E-state index in [1.165, 1.54) is 35.0 Å². The Hall–Kier alpha value is -3.72. The van der Waals surface area contributed by atoms with Gasteiger partial charge in [0.05, 0.1) is 23.4 Å². The molecule has 1 aromatic heterocycles. The third kappa shape index (κ3) is 3.84. The van der Waals surface area contributed by atoms with Gasteiger partial charge in [-0.15, -0.1) is 0 Å². The van der Waals surface area contributed by atoms with Crippen LogP contribution in [0, 0.1) is 17.1 Å². The number of anilines is 1. The molecular weight excluding hydrogens is 333 g/mol. The molecule has 0 saturated carbocycles. The van der Waals surface area contributed by atoms with Gasteiger partial charge in [-0.25, -0.2) is 4.39 Å². The van der Waals surface area contributed by atoms with Crippen molar-refractivity contribution in [3.05, 3.63) is 99.7 Å². The lowest BCUT2D eigenvalue weighted by Gasteiger charge is -2.10. The topological polar surface area (TPSA) is 74.9 Å². The van der Waals surface area contributed by atoms with Gasteiger partial charge in [-0.05, 0) is 35.9 Å². The molecule has 0 atom stereocenters. The van der Waals surface area contributed by atoms with Crippen molar-refractivity contribution in [2.45, 2.75) is 6.54 Å². The van der Waals surface area contributed by atoms with Crippen molar-refractivity contribution < 1.29 is 9.18 Å². The Morgan fingerprint density at radius 3 is 2.69 bits per heavy atom. The average Bonchev–Trinajstić information content (AvgIpc) is 2.64. The Morgan fingerprint density at radius 2 is 1.92 bits per heavy atom. The summed E-state index contributed by atoms with van der Waals surface area (Å²) in [6.45, 7) is 0.145. The van der Waals surface area contributed by atoms with Crippen molar-refractivity contribution in [3.63, 3.8) is 0 Å². The van der Waals surface area contributed by atoms with Crippen LogP contribution in [0.15, 0.2) is 71.7 Å². The second kappa shape index (κ2) is 7.45. The van der Waals surface area contributed by atoms with Gasteiger partial charge in [0.1, 0.15) is 11.9 Å². The fourth-order valence-electron chi connectivity index (χ4n) is 2.51. The second-order valence-corrected chi connectivity index (χ2v) is 5.63. The molecule has 0 aliphatic rings. The van der Waals surface area contributed by atoms with Crippen molar-refractivity contribution >= 4 is 11.6 Å². The van der Waals surface area contributed by atoms with Gasteiger partial charge >= 0.3 is 0 Å². The van der Waals surface area contributed by atoms with Crippen molar-refractivity contribution in [2.24, 2.45) is 0 Å². The molecule has 2 aromatic carbocycles. The normalized spacial score (nSPS) is 10.2. The summed E-state index contributed by atoms with van der Waals surface area (Å²) in [5.74, 6) is -0.835. The molecule has 5 nitrogen and oxygen atoms in total. The number of amides is 1. The molecule has 1 heterocycles. The van der Waals surface area contributed by atoms with E-state index in [1.807, 2.05) is 6.07 Å². The van der Waals surface area contributed by atoms with Gasteiger partial charge in [0, 0.05) is 12.3 Å². The second-order valence-electron chi connectivity index (χ2n) is 5.63. The monoisotopic (exact) mass is 347 g/mol. The Labute approximate surface area is 149 Å². The third-order valence-corrected chi connectivity index (χ3v) is 3.78. The fraction of sp³-hybridized carbons (Fsp3) is 0.0500.